The molecule has 0 aliphatic rings. The zero-order valence-corrected chi connectivity index (χ0v) is 19.9. The van der Waals surface area contributed by atoms with Gasteiger partial charge in [0, 0.05) is 30.0 Å². The van der Waals surface area contributed by atoms with E-state index in [-0.39, 0.29) is 18.2 Å². The van der Waals surface area contributed by atoms with E-state index >= 15 is 0 Å². The first-order valence-electron chi connectivity index (χ1n) is 10.3. The lowest BCUT2D eigenvalue weighted by atomic mass is 10.1. The zero-order valence-electron chi connectivity index (χ0n) is 18.3. The Kier molecular flexibility index (Phi) is 9.16. The third kappa shape index (κ3) is 6.35. The molecule has 7 heteroatoms. The average molecular weight is 463 g/mol. The number of halogens is 1. The van der Waals surface area contributed by atoms with Crippen molar-refractivity contribution in [2.75, 3.05) is 26.0 Å². The summed E-state index contributed by atoms with van der Waals surface area (Å²) in [6.45, 7) is 6.55. The van der Waals surface area contributed by atoms with E-state index in [0.717, 1.165) is 43.0 Å². The number of methoxy groups -OCH3 is 1. The number of ether oxygens (including phenoxy) is 1. The fourth-order valence-corrected chi connectivity index (χ4v) is 4.38. The Labute approximate surface area is 191 Å². The lowest BCUT2D eigenvalue weighted by Gasteiger charge is -2.19. The molecule has 1 heterocycles. The molecule has 0 amide bonds. The minimum atomic E-state index is -3.28. The van der Waals surface area contributed by atoms with Crippen molar-refractivity contribution in [3.05, 3.63) is 71.9 Å². The van der Waals surface area contributed by atoms with Crippen LogP contribution >= 0.6 is 12.4 Å². The third-order valence-electron chi connectivity index (χ3n) is 5.35. The zero-order chi connectivity index (χ0) is 21.6. The van der Waals surface area contributed by atoms with Crippen molar-refractivity contribution in [2.45, 2.75) is 31.7 Å². The van der Waals surface area contributed by atoms with Crippen LogP contribution in [-0.4, -0.2) is 44.3 Å². The van der Waals surface area contributed by atoms with E-state index in [2.05, 4.69) is 47.1 Å². The molecule has 0 bridgehead atoms. The number of sulfone groups is 1. The molecule has 3 rings (SSSR count). The van der Waals surface area contributed by atoms with Crippen molar-refractivity contribution < 1.29 is 13.2 Å². The van der Waals surface area contributed by atoms with Crippen molar-refractivity contribution >= 4 is 22.2 Å². The normalized spacial score (nSPS) is 11.4. The number of nitrogens with one attached hydrogen (secondary N) is 1. The Morgan fingerprint density at radius 2 is 1.74 bits per heavy atom. The Bertz CT molecular complexity index is 1070. The summed E-state index contributed by atoms with van der Waals surface area (Å²) in [7, 11) is -1.68. The minimum absolute atomic E-state index is 0. The number of nitrogens with zero attached hydrogens (tertiary/aromatic N) is 1. The second-order valence-corrected chi connectivity index (χ2v) is 9.55. The van der Waals surface area contributed by atoms with Gasteiger partial charge < -0.3 is 9.72 Å². The molecule has 168 valence electrons. The number of benzene rings is 2. The van der Waals surface area contributed by atoms with Crippen LogP contribution < -0.4 is 4.74 Å². The standard InChI is InChI=1S/C24H30N2O3S.ClH/c1-4-26(16-15-19-9-7-6-8-10-19)18-20-11-13-23(25-20)22-17-21(30(27,28)5-2)12-14-24(22)29-3;/h6-14,17,25H,4-5,15-16,18H2,1-3H3;1H. The number of H-pyrrole nitrogens is 1. The highest BCUT2D eigenvalue weighted by molar-refractivity contribution is 7.91. The Morgan fingerprint density at radius 3 is 2.39 bits per heavy atom. The number of aromatic amines is 1. The van der Waals surface area contributed by atoms with Crippen LogP contribution in [0.5, 0.6) is 5.75 Å². The summed E-state index contributed by atoms with van der Waals surface area (Å²) in [5, 5.41) is 0. The Balaban J connectivity index is 0.00000341. The maximum atomic E-state index is 12.3. The van der Waals surface area contributed by atoms with E-state index in [0.29, 0.717) is 10.6 Å². The first-order chi connectivity index (χ1) is 14.5. The second kappa shape index (κ2) is 11.4. The lowest BCUT2D eigenvalue weighted by molar-refractivity contribution is 0.281. The number of rotatable bonds is 10. The van der Waals surface area contributed by atoms with Crippen molar-refractivity contribution in [3.8, 4) is 17.0 Å². The van der Waals surface area contributed by atoms with Crippen LogP contribution in [0.1, 0.15) is 25.1 Å². The van der Waals surface area contributed by atoms with Gasteiger partial charge >= 0.3 is 0 Å². The summed E-state index contributed by atoms with van der Waals surface area (Å²) in [6, 6.07) is 19.6. The summed E-state index contributed by atoms with van der Waals surface area (Å²) >= 11 is 0. The fourth-order valence-electron chi connectivity index (χ4n) is 3.47. The van der Waals surface area contributed by atoms with Crippen molar-refractivity contribution in [1.82, 2.24) is 9.88 Å². The first-order valence-corrected chi connectivity index (χ1v) is 12.0. The molecular formula is C24H31ClN2O3S. The summed E-state index contributed by atoms with van der Waals surface area (Å²) in [4.78, 5) is 6.15. The predicted octanol–water partition coefficient (Wildman–Crippen LogP) is 4.97. The van der Waals surface area contributed by atoms with Crippen LogP contribution in [0.3, 0.4) is 0 Å². The van der Waals surface area contributed by atoms with Gasteiger partial charge in [0.2, 0.25) is 0 Å². The van der Waals surface area contributed by atoms with Gasteiger partial charge in [-0.25, -0.2) is 8.42 Å². The predicted molar refractivity (Wildman–Crippen MR) is 129 cm³/mol. The number of hydrogen-bond donors (Lipinski definition) is 1. The quantitative estimate of drug-likeness (QED) is 0.462. The van der Waals surface area contributed by atoms with Gasteiger partial charge in [0.25, 0.3) is 0 Å². The van der Waals surface area contributed by atoms with Crippen LogP contribution in [-0.2, 0) is 22.8 Å². The van der Waals surface area contributed by atoms with E-state index in [9.17, 15) is 8.42 Å². The summed E-state index contributed by atoms with van der Waals surface area (Å²) in [5.74, 6) is 0.719. The molecule has 0 aliphatic carbocycles. The summed E-state index contributed by atoms with van der Waals surface area (Å²) in [6.07, 6.45) is 1.01. The molecule has 0 atom stereocenters. The highest BCUT2D eigenvalue weighted by Gasteiger charge is 2.17. The lowest BCUT2D eigenvalue weighted by Crippen LogP contribution is -2.25. The van der Waals surface area contributed by atoms with Gasteiger partial charge in [-0.2, -0.15) is 0 Å². The maximum absolute atomic E-state index is 12.3. The average Bonchev–Trinajstić information content (AvgIpc) is 3.25. The maximum Gasteiger partial charge on any atom is 0.178 e. The van der Waals surface area contributed by atoms with Gasteiger partial charge in [0.1, 0.15) is 5.75 Å². The minimum Gasteiger partial charge on any atom is -0.496 e. The van der Waals surface area contributed by atoms with Gasteiger partial charge in [-0.05, 0) is 48.9 Å². The van der Waals surface area contributed by atoms with Gasteiger partial charge in [-0.3, -0.25) is 4.90 Å². The number of aromatic nitrogens is 1. The van der Waals surface area contributed by atoms with Gasteiger partial charge in [0.05, 0.1) is 17.8 Å². The van der Waals surface area contributed by atoms with Crippen molar-refractivity contribution in [1.29, 1.82) is 0 Å². The van der Waals surface area contributed by atoms with Crippen LogP contribution in [0.2, 0.25) is 0 Å². The van der Waals surface area contributed by atoms with Gasteiger partial charge in [-0.1, -0.05) is 44.2 Å². The Hall–Kier alpha value is -2.28. The molecule has 0 aliphatic heterocycles. The van der Waals surface area contributed by atoms with Crippen molar-refractivity contribution in [2.24, 2.45) is 0 Å². The molecule has 2 aromatic carbocycles. The number of hydrogen-bond acceptors (Lipinski definition) is 4. The summed E-state index contributed by atoms with van der Waals surface area (Å²) < 4.78 is 30.1. The van der Waals surface area contributed by atoms with Crippen molar-refractivity contribution in [3.63, 3.8) is 0 Å². The van der Waals surface area contributed by atoms with E-state index < -0.39 is 9.84 Å². The molecule has 1 N–H and O–H groups in total. The van der Waals surface area contributed by atoms with E-state index in [1.54, 1.807) is 32.2 Å². The molecule has 1 aromatic heterocycles. The van der Waals surface area contributed by atoms with E-state index in [1.165, 1.54) is 5.56 Å². The molecule has 0 saturated carbocycles. The summed E-state index contributed by atoms with van der Waals surface area (Å²) in [5.41, 5.74) is 4.03. The highest BCUT2D eigenvalue weighted by Crippen LogP contribution is 2.32. The second-order valence-electron chi connectivity index (χ2n) is 7.27. The smallest absolute Gasteiger partial charge is 0.178 e. The van der Waals surface area contributed by atoms with Crippen LogP contribution in [0.4, 0.5) is 0 Å². The molecule has 3 aromatic rings. The van der Waals surface area contributed by atoms with Crippen LogP contribution in [0, 0.1) is 0 Å². The van der Waals surface area contributed by atoms with E-state index in [4.69, 9.17) is 4.74 Å². The topological polar surface area (TPSA) is 62.4 Å². The molecule has 0 unspecified atom stereocenters. The molecule has 0 saturated heterocycles. The SMILES string of the molecule is CCN(CCc1ccccc1)Cc1ccc(-c2cc(S(=O)(=O)CC)ccc2OC)[nH]1.Cl. The molecule has 0 spiro atoms. The van der Waals surface area contributed by atoms with Gasteiger partial charge in [-0.15, -0.1) is 12.4 Å². The third-order valence-corrected chi connectivity index (χ3v) is 7.08. The molecule has 31 heavy (non-hydrogen) atoms. The largest absolute Gasteiger partial charge is 0.496 e. The molecule has 0 radical (unpaired) electrons. The Morgan fingerprint density at radius 1 is 1.00 bits per heavy atom. The molecule has 0 fully saturated rings. The molecule has 5 nitrogen and oxygen atoms in total. The fraction of sp³-hybridized carbons (Fsp3) is 0.333. The number of likely N-dealkylation sites (N-methyl/N-ethyl adjacent to an activating group) is 1. The highest BCUT2D eigenvalue weighted by atomic mass is 35.5. The first kappa shape index (κ1) is 25.0. The van der Waals surface area contributed by atoms with Crippen LogP contribution in [0.15, 0.2) is 65.6 Å². The van der Waals surface area contributed by atoms with E-state index in [1.807, 2.05) is 12.1 Å². The monoisotopic (exact) mass is 462 g/mol. The molecular weight excluding hydrogens is 432 g/mol. The van der Waals surface area contributed by atoms with Crippen LogP contribution in [0.25, 0.3) is 11.3 Å². The van der Waals surface area contributed by atoms with Gasteiger partial charge in [0.15, 0.2) is 9.84 Å².